The molecule has 0 radical (unpaired) electrons. The highest BCUT2D eigenvalue weighted by Gasteiger charge is 2.20. The number of nitrogens with two attached hydrogens (primary N) is 2. The monoisotopic (exact) mass is 628 g/mol. The number of carbonyl (C=O) groups is 1. The summed E-state index contributed by atoms with van der Waals surface area (Å²) >= 11 is 1.62. The van der Waals surface area contributed by atoms with E-state index in [0.29, 0.717) is 17.7 Å². The molecule has 5 aromatic rings. The van der Waals surface area contributed by atoms with Gasteiger partial charge in [-0.2, -0.15) is 0 Å². The Morgan fingerprint density at radius 1 is 0.978 bits per heavy atom. The summed E-state index contributed by atoms with van der Waals surface area (Å²) in [5, 5.41) is 6.67. The fourth-order valence-electron chi connectivity index (χ4n) is 5.04. The number of nitrogens with one attached hydrogen (secondary N) is 1. The standard InChI is InChI=1S/C29H32N10OS.2C2H6/c1-36(31)15-20(30)16-37-10-12-38(13-11-37)17-21-19-41-29-35-27(18-39(21)29)22-6-2-3-7-23(22)34-28(40)26-14-32-24-8-4-5-9-25(24)33-26;2*1-2/h2-9,14-15,18-19H,10-13,16-17,30-31H2,1H3,(H,34,40);2*1-2H3/b20-15-;;. The van der Waals surface area contributed by atoms with Gasteiger partial charge in [0.25, 0.3) is 5.91 Å². The molecule has 1 saturated heterocycles. The summed E-state index contributed by atoms with van der Waals surface area (Å²) in [5.74, 6) is 5.36. The van der Waals surface area contributed by atoms with E-state index in [1.807, 2.05) is 82.4 Å². The molecule has 0 aliphatic carbocycles. The number of para-hydroxylation sites is 3. The number of benzene rings is 2. The highest BCUT2D eigenvalue weighted by Crippen LogP contribution is 2.30. The number of piperazine rings is 1. The Bertz CT molecular complexity index is 1720. The van der Waals surface area contributed by atoms with Crippen LogP contribution in [-0.4, -0.2) is 79.8 Å². The van der Waals surface area contributed by atoms with Crippen molar-refractivity contribution < 1.29 is 4.79 Å². The fourth-order valence-corrected chi connectivity index (χ4v) is 5.90. The number of carbonyl (C=O) groups excluding carboxylic acids is 1. The van der Waals surface area contributed by atoms with Gasteiger partial charge in [0.1, 0.15) is 5.69 Å². The number of hydrogen-bond donors (Lipinski definition) is 3. The van der Waals surface area contributed by atoms with Gasteiger partial charge < -0.3 is 16.1 Å². The molecule has 5 N–H and O–H groups in total. The third kappa shape index (κ3) is 8.43. The van der Waals surface area contributed by atoms with Crippen molar-refractivity contribution in [1.29, 1.82) is 0 Å². The second-order valence-electron chi connectivity index (χ2n) is 10.2. The van der Waals surface area contributed by atoms with Crippen molar-refractivity contribution in [2.75, 3.05) is 45.1 Å². The maximum absolute atomic E-state index is 13.1. The predicted molar refractivity (Wildman–Crippen MR) is 185 cm³/mol. The largest absolute Gasteiger partial charge is 0.400 e. The first kappa shape index (κ1) is 33.5. The number of hydrogen-bond acceptors (Lipinski definition) is 10. The van der Waals surface area contributed by atoms with Gasteiger partial charge in [-0.3, -0.25) is 24.0 Å². The Kier molecular flexibility index (Phi) is 12.0. The summed E-state index contributed by atoms with van der Waals surface area (Å²) in [7, 11) is 1.77. The van der Waals surface area contributed by atoms with Crippen LogP contribution in [0.3, 0.4) is 0 Å². The van der Waals surface area contributed by atoms with Gasteiger partial charge in [0, 0.05) is 81.0 Å². The van der Waals surface area contributed by atoms with Crippen molar-refractivity contribution in [3.63, 3.8) is 0 Å². The van der Waals surface area contributed by atoms with Crippen LogP contribution in [0.15, 0.2) is 78.2 Å². The maximum Gasteiger partial charge on any atom is 0.275 e. The quantitative estimate of drug-likeness (QED) is 0.160. The highest BCUT2D eigenvalue weighted by molar-refractivity contribution is 7.15. The molecule has 1 amide bonds. The Morgan fingerprint density at radius 3 is 2.38 bits per heavy atom. The third-order valence-corrected chi connectivity index (χ3v) is 7.93. The minimum Gasteiger partial charge on any atom is -0.400 e. The molecule has 1 fully saturated rings. The summed E-state index contributed by atoms with van der Waals surface area (Å²) in [6, 6.07) is 15.2. The molecule has 12 heteroatoms. The van der Waals surface area contributed by atoms with E-state index >= 15 is 0 Å². The molecule has 0 bridgehead atoms. The molecule has 238 valence electrons. The summed E-state index contributed by atoms with van der Waals surface area (Å²) in [6.07, 6.45) is 5.31. The first-order valence-electron chi connectivity index (χ1n) is 15.4. The van der Waals surface area contributed by atoms with E-state index in [0.717, 1.165) is 60.2 Å². The van der Waals surface area contributed by atoms with Gasteiger partial charge in [-0.05, 0) is 18.2 Å². The lowest BCUT2D eigenvalue weighted by molar-refractivity contribution is 0.102. The molecule has 2 aromatic carbocycles. The normalized spacial score (nSPS) is 14.0. The fraction of sp³-hybridized carbons (Fsp3) is 0.333. The van der Waals surface area contributed by atoms with Gasteiger partial charge in [0.2, 0.25) is 0 Å². The van der Waals surface area contributed by atoms with Crippen molar-refractivity contribution in [2.45, 2.75) is 34.2 Å². The van der Waals surface area contributed by atoms with Crippen LogP contribution in [-0.2, 0) is 6.54 Å². The zero-order valence-corrected chi connectivity index (χ0v) is 27.6. The van der Waals surface area contributed by atoms with Gasteiger partial charge >= 0.3 is 0 Å². The average Bonchev–Trinajstić information content (AvgIpc) is 3.65. The lowest BCUT2D eigenvalue weighted by Crippen LogP contribution is -2.47. The second kappa shape index (κ2) is 16.1. The van der Waals surface area contributed by atoms with Crippen LogP contribution < -0.4 is 16.9 Å². The molecule has 3 aromatic heterocycles. The summed E-state index contributed by atoms with van der Waals surface area (Å²) in [5.41, 5.74) is 12.1. The van der Waals surface area contributed by atoms with Crippen molar-refractivity contribution in [3.05, 3.63) is 89.6 Å². The molecular weight excluding hydrogens is 584 g/mol. The number of hydrazine groups is 1. The molecule has 1 aliphatic rings. The van der Waals surface area contributed by atoms with E-state index in [4.69, 9.17) is 16.6 Å². The van der Waals surface area contributed by atoms with Crippen LogP contribution in [0.5, 0.6) is 0 Å². The van der Waals surface area contributed by atoms with Crippen molar-refractivity contribution >= 4 is 38.9 Å². The van der Waals surface area contributed by atoms with Crippen LogP contribution in [0.25, 0.3) is 27.3 Å². The smallest absolute Gasteiger partial charge is 0.275 e. The zero-order chi connectivity index (χ0) is 32.3. The second-order valence-corrected chi connectivity index (χ2v) is 11.0. The number of amides is 1. The number of aromatic nitrogens is 4. The van der Waals surface area contributed by atoms with Gasteiger partial charge in [-0.1, -0.05) is 58.0 Å². The molecule has 1 aliphatic heterocycles. The Hall–Kier alpha value is -4.36. The van der Waals surface area contributed by atoms with E-state index in [2.05, 4.69) is 34.9 Å². The Labute approximate surface area is 269 Å². The maximum atomic E-state index is 13.1. The number of thiazole rings is 1. The number of fused-ring (bicyclic) bond motifs is 2. The number of nitrogens with zero attached hydrogens (tertiary/aromatic N) is 7. The average molecular weight is 629 g/mol. The number of anilines is 1. The molecule has 0 saturated carbocycles. The Balaban J connectivity index is 0.00000111. The zero-order valence-electron chi connectivity index (χ0n) is 26.8. The highest BCUT2D eigenvalue weighted by atomic mass is 32.1. The van der Waals surface area contributed by atoms with Crippen LogP contribution in [0.2, 0.25) is 0 Å². The third-order valence-electron chi connectivity index (χ3n) is 7.04. The first-order chi connectivity index (χ1) is 21.9. The predicted octanol–water partition coefficient (Wildman–Crippen LogP) is 5.03. The number of rotatable bonds is 8. The van der Waals surface area contributed by atoms with Crippen LogP contribution in [0.4, 0.5) is 5.69 Å². The first-order valence-corrected chi connectivity index (χ1v) is 16.3. The SMILES string of the molecule is CC.CC.CN(N)/C=C(\N)CN1CCN(Cc2csc3nc(-c4ccccc4NC(=O)c4cnc5ccccc5n4)cn23)CC1. The van der Waals surface area contributed by atoms with Gasteiger partial charge in [-0.25, -0.2) is 15.8 Å². The molecule has 0 unspecified atom stereocenters. The molecule has 0 spiro atoms. The van der Waals surface area contributed by atoms with E-state index < -0.39 is 0 Å². The topological polar surface area (TPSA) is 134 Å². The van der Waals surface area contributed by atoms with E-state index in [1.54, 1.807) is 24.6 Å². The van der Waals surface area contributed by atoms with Crippen molar-refractivity contribution in [1.82, 2.24) is 34.2 Å². The number of imidazole rings is 1. The summed E-state index contributed by atoms with van der Waals surface area (Å²) < 4.78 is 2.15. The molecule has 45 heavy (non-hydrogen) atoms. The van der Waals surface area contributed by atoms with Crippen molar-refractivity contribution in [3.8, 4) is 11.3 Å². The molecule has 4 heterocycles. The lowest BCUT2D eigenvalue weighted by Gasteiger charge is -2.34. The minimum absolute atomic E-state index is 0.261. The van der Waals surface area contributed by atoms with E-state index in [-0.39, 0.29) is 11.6 Å². The molecule has 0 atom stereocenters. The van der Waals surface area contributed by atoms with Crippen molar-refractivity contribution in [2.24, 2.45) is 11.6 Å². The van der Waals surface area contributed by atoms with Crippen LogP contribution >= 0.6 is 11.3 Å². The van der Waals surface area contributed by atoms with Gasteiger partial charge in [0.15, 0.2) is 4.96 Å². The molecule has 11 nitrogen and oxygen atoms in total. The van der Waals surface area contributed by atoms with Crippen LogP contribution in [0, 0.1) is 0 Å². The van der Waals surface area contributed by atoms with Crippen LogP contribution in [0.1, 0.15) is 43.9 Å². The van der Waals surface area contributed by atoms with E-state index in [9.17, 15) is 4.79 Å². The Morgan fingerprint density at radius 2 is 1.64 bits per heavy atom. The molecular formula is C33H44N10OS. The summed E-state index contributed by atoms with van der Waals surface area (Å²) in [6.45, 7) is 13.3. The van der Waals surface area contributed by atoms with E-state index in [1.165, 1.54) is 16.9 Å². The minimum atomic E-state index is -0.316. The lowest BCUT2D eigenvalue weighted by atomic mass is 10.1. The molecule has 6 rings (SSSR count). The van der Waals surface area contributed by atoms with Gasteiger partial charge in [-0.15, -0.1) is 11.3 Å². The van der Waals surface area contributed by atoms with Gasteiger partial charge in [0.05, 0.1) is 28.6 Å². The summed E-state index contributed by atoms with van der Waals surface area (Å²) in [4.78, 5) is 32.6.